The Hall–Kier alpha value is -2.09. The van der Waals surface area contributed by atoms with Crippen molar-refractivity contribution in [3.8, 4) is 0 Å². The van der Waals surface area contributed by atoms with E-state index in [4.69, 9.17) is 5.11 Å². The molecule has 1 heterocycles. The molecule has 5 N–H and O–H groups in total. The number of hydrogen-bond donors (Lipinski definition) is 5. The number of aliphatic carboxylic acids is 1. The molecule has 0 aliphatic carbocycles. The molecule has 0 saturated carbocycles. The molecular weight excluding hydrogens is 240 g/mol. The number of nitrogens with zero attached hydrogens (tertiary/aromatic N) is 1. The fourth-order valence-corrected chi connectivity index (χ4v) is 1.35. The third-order valence-corrected chi connectivity index (χ3v) is 2.31. The van der Waals surface area contributed by atoms with Crippen LogP contribution < -0.4 is 10.6 Å². The topological polar surface area (TPSA) is 127 Å². The minimum absolute atomic E-state index is 0.400. The van der Waals surface area contributed by atoms with Gasteiger partial charge in [0.05, 0.1) is 12.1 Å². The molecule has 0 aromatic carbocycles. The highest BCUT2D eigenvalue weighted by Gasteiger charge is 2.25. The molecule has 1 aromatic heterocycles. The summed E-state index contributed by atoms with van der Waals surface area (Å²) in [5.74, 6) is -0.750. The van der Waals surface area contributed by atoms with Gasteiger partial charge in [0.2, 0.25) is 0 Å². The Morgan fingerprint density at radius 2 is 2.06 bits per heavy atom. The maximum absolute atomic E-state index is 11.5. The second-order valence-corrected chi connectivity index (χ2v) is 3.87. The number of aromatic nitrogens is 2. The first kappa shape index (κ1) is 14.0. The Kier molecular flexibility index (Phi) is 4.67. The van der Waals surface area contributed by atoms with Gasteiger partial charge in [0.25, 0.3) is 0 Å². The molecule has 0 spiro atoms. The number of aliphatic hydroxyl groups excluding tert-OH is 1. The number of amides is 2. The Morgan fingerprint density at radius 1 is 1.39 bits per heavy atom. The molecule has 0 aliphatic rings. The second-order valence-electron chi connectivity index (χ2n) is 3.87. The van der Waals surface area contributed by atoms with Crippen LogP contribution in [0.15, 0.2) is 12.4 Å². The highest BCUT2D eigenvalue weighted by molar-refractivity contribution is 5.83. The van der Waals surface area contributed by atoms with Crippen LogP contribution in [0.1, 0.15) is 25.7 Å². The largest absolute Gasteiger partial charge is 0.480 e. The number of carboxylic acids is 1. The van der Waals surface area contributed by atoms with E-state index in [9.17, 15) is 14.7 Å². The lowest BCUT2D eigenvalue weighted by molar-refractivity contribution is -0.141. The number of aliphatic hydroxyl groups is 1. The van der Waals surface area contributed by atoms with Crippen molar-refractivity contribution in [2.24, 2.45) is 0 Å². The number of carbonyl (C=O) groups excluding carboxylic acids is 1. The van der Waals surface area contributed by atoms with Crippen molar-refractivity contribution in [1.82, 2.24) is 20.6 Å². The molecule has 1 aromatic rings. The van der Waals surface area contributed by atoms with E-state index in [1.165, 1.54) is 6.92 Å². The Bertz CT molecular complexity index is 404. The van der Waals surface area contributed by atoms with E-state index >= 15 is 0 Å². The van der Waals surface area contributed by atoms with E-state index in [1.54, 1.807) is 19.3 Å². The second kappa shape index (κ2) is 6.01. The van der Waals surface area contributed by atoms with Crippen molar-refractivity contribution in [2.45, 2.75) is 32.0 Å². The van der Waals surface area contributed by atoms with E-state index in [0.29, 0.717) is 5.82 Å². The quantitative estimate of drug-likeness (QED) is 0.490. The average molecular weight is 256 g/mol. The summed E-state index contributed by atoms with van der Waals surface area (Å²) in [7, 11) is 0. The molecule has 3 atom stereocenters. The molecule has 100 valence electrons. The van der Waals surface area contributed by atoms with Crippen LogP contribution in [0.25, 0.3) is 0 Å². The van der Waals surface area contributed by atoms with Gasteiger partial charge in [-0.25, -0.2) is 14.6 Å². The van der Waals surface area contributed by atoms with Crippen molar-refractivity contribution < 1.29 is 19.8 Å². The van der Waals surface area contributed by atoms with Crippen LogP contribution >= 0.6 is 0 Å². The fraction of sp³-hybridized carbons (Fsp3) is 0.500. The average Bonchev–Trinajstić information content (AvgIpc) is 2.78. The van der Waals surface area contributed by atoms with Crippen LogP contribution in [0.2, 0.25) is 0 Å². The molecular formula is C10H16N4O4. The van der Waals surface area contributed by atoms with Gasteiger partial charge in [0, 0.05) is 12.4 Å². The van der Waals surface area contributed by atoms with Crippen LogP contribution in [0.4, 0.5) is 4.79 Å². The molecule has 1 rings (SSSR count). The van der Waals surface area contributed by atoms with Crippen molar-refractivity contribution in [1.29, 1.82) is 0 Å². The van der Waals surface area contributed by atoms with Crippen molar-refractivity contribution in [3.63, 3.8) is 0 Å². The summed E-state index contributed by atoms with van der Waals surface area (Å²) in [5.41, 5.74) is 0. The molecule has 8 nitrogen and oxygen atoms in total. The molecule has 0 bridgehead atoms. The number of imidazole rings is 1. The fourth-order valence-electron chi connectivity index (χ4n) is 1.35. The van der Waals surface area contributed by atoms with Gasteiger partial charge in [-0.15, -0.1) is 0 Å². The predicted octanol–water partition coefficient (Wildman–Crippen LogP) is -0.396. The number of urea groups is 1. The number of carboxylic acid groups (broad SMARTS) is 1. The molecule has 18 heavy (non-hydrogen) atoms. The predicted molar refractivity (Wildman–Crippen MR) is 61.8 cm³/mol. The molecule has 2 amide bonds. The monoisotopic (exact) mass is 256 g/mol. The molecule has 0 saturated heterocycles. The van der Waals surface area contributed by atoms with Crippen LogP contribution in [0.5, 0.6) is 0 Å². The van der Waals surface area contributed by atoms with E-state index < -0.39 is 30.2 Å². The third kappa shape index (κ3) is 3.74. The lowest BCUT2D eigenvalue weighted by Crippen LogP contribution is -2.51. The Morgan fingerprint density at radius 3 is 2.50 bits per heavy atom. The normalized spacial score (nSPS) is 15.5. The maximum Gasteiger partial charge on any atom is 0.328 e. The van der Waals surface area contributed by atoms with Gasteiger partial charge >= 0.3 is 12.0 Å². The number of H-pyrrole nitrogens is 1. The summed E-state index contributed by atoms with van der Waals surface area (Å²) in [6.45, 7) is 2.98. The van der Waals surface area contributed by atoms with Crippen LogP contribution in [0.3, 0.4) is 0 Å². The minimum atomic E-state index is -1.35. The van der Waals surface area contributed by atoms with Gasteiger partial charge in [0.1, 0.15) is 5.82 Å². The maximum atomic E-state index is 11.5. The number of hydrogen-bond acceptors (Lipinski definition) is 4. The number of nitrogens with one attached hydrogen (secondary N) is 3. The third-order valence-electron chi connectivity index (χ3n) is 2.31. The first-order valence-electron chi connectivity index (χ1n) is 5.39. The molecule has 0 fully saturated rings. The summed E-state index contributed by atoms with van der Waals surface area (Å²) in [5, 5.41) is 22.7. The van der Waals surface area contributed by atoms with Gasteiger partial charge in [-0.05, 0) is 13.8 Å². The zero-order valence-corrected chi connectivity index (χ0v) is 10.0. The van der Waals surface area contributed by atoms with Crippen molar-refractivity contribution in [3.05, 3.63) is 18.2 Å². The summed E-state index contributed by atoms with van der Waals surface area (Å²) in [4.78, 5) is 29.1. The first-order chi connectivity index (χ1) is 8.41. The lowest BCUT2D eigenvalue weighted by atomic mass is 10.2. The van der Waals surface area contributed by atoms with Crippen LogP contribution in [-0.2, 0) is 4.79 Å². The van der Waals surface area contributed by atoms with Crippen LogP contribution in [-0.4, -0.2) is 44.3 Å². The van der Waals surface area contributed by atoms with Gasteiger partial charge in [0.15, 0.2) is 6.04 Å². The number of carbonyl (C=O) groups is 2. The molecule has 0 aliphatic heterocycles. The summed E-state index contributed by atoms with van der Waals surface area (Å²) < 4.78 is 0. The summed E-state index contributed by atoms with van der Waals surface area (Å²) >= 11 is 0. The highest BCUT2D eigenvalue weighted by Crippen LogP contribution is 2.04. The van der Waals surface area contributed by atoms with Gasteiger partial charge in [-0.3, -0.25) is 0 Å². The summed E-state index contributed by atoms with van der Waals surface area (Å²) in [6, 6.07) is -2.44. The molecule has 0 radical (unpaired) electrons. The summed E-state index contributed by atoms with van der Waals surface area (Å²) in [6.07, 6.45) is 1.97. The standard InChI is InChI=1S/C10H16N4O4/c1-5(8-11-3-4-12-8)13-10(18)14-7(6(2)15)9(16)17/h3-7,15H,1-2H3,(H,11,12)(H,16,17)(H2,13,14,18). The van der Waals surface area contributed by atoms with Gasteiger partial charge < -0.3 is 25.8 Å². The first-order valence-corrected chi connectivity index (χ1v) is 5.39. The van der Waals surface area contributed by atoms with Crippen LogP contribution in [0, 0.1) is 0 Å². The molecule has 8 heteroatoms. The van der Waals surface area contributed by atoms with Gasteiger partial charge in [-0.2, -0.15) is 0 Å². The number of rotatable bonds is 5. The highest BCUT2D eigenvalue weighted by atomic mass is 16.4. The van der Waals surface area contributed by atoms with E-state index in [-0.39, 0.29) is 0 Å². The minimum Gasteiger partial charge on any atom is -0.480 e. The van der Waals surface area contributed by atoms with Gasteiger partial charge in [-0.1, -0.05) is 0 Å². The molecule has 3 unspecified atom stereocenters. The SMILES string of the molecule is CC(NC(=O)NC(C(=O)O)C(C)O)c1ncc[nH]1. The van der Waals surface area contributed by atoms with E-state index in [0.717, 1.165) is 0 Å². The van der Waals surface area contributed by atoms with E-state index in [2.05, 4.69) is 20.6 Å². The Balaban J connectivity index is 2.53. The Labute approximate surface area is 103 Å². The lowest BCUT2D eigenvalue weighted by Gasteiger charge is -2.19. The zero-order valence-electron chi connectivity index (χ0n) is 10.0. The zero-order chi connectivity index (χ0) is 13.7. The van der Waals surface area contributed by atoms with Crippen molar-refractivity contribution in [2.75, 3.05) is 0 Å². The van der Waals surface area contributed by atoms with Crippen molar-refractivity contribution >= 4 is 12.0 Å². The smallest absolute Gasteiger partial charge is 0.328 e. The number of aromatic amines is 1. The van der Waals surface area contributed by atoms with E-state index in [1.807, 2.05) is 0 Å².